The largest absolute Gasteiger partial charge is 0.465 e. The molecule has 0 saturated heterocycles. The second-order valence-electron chi connectivity index (χ2n) is 5.11. The molecule has 0 aliphatic heterocycles. The second-order valence-corrected chi connectivity index (χ2v) is 8.82. The first-order chi connectivity index (χ1) is 10.9. The number of esters is 1. The molecule has 0 saturated carbocycles. The summed E-state index contributed by atoms with van der Waals surface area (Å²) in [5, 5.41) is 0.337. The Balaban J connectivity index is 2.00. The minimum absolute atomic E-state index is 0.144. The Morgan fingerprint density at radius 1 is 1.26 bits per heavy atom. The van der Waals surface area contributed by atoms with Crippen LogP contribution in [0, 0.1) is 0 Å². The number of carbonyl (C=O) groups excluding carboxylic acids is 1. The smallest absolute Gasteiger partial charge is 0.341 e. The van der Waals surface area contributed by atoms with Crippen LogP contribution in [0.15, 0.2) is 33.6 Å². The molecule has 1 aliphatic rings. The van der Waals surface area contributed by atoms with E-state index in [0.717, 1.165) is 34.2 Å². The van der Waals surface area contributed by atoms with Crippen molar-refractivity contribution in [2.75, 3.05) is 11.8 Å². The molecule has 1 heterocycles. The van der Waals surface area contributed by atoms with Crippen molar-refractivity contribution >= 4 is 48.3 Å². The normalized spacial score (nSPS) is 13.7. The number of ether oxygens (including phenoxy) is 1. The topological polar surface area (TPSA) is 72.5 Å². The lowest BCUT2D eigenvalue weighted by Gasteiger charge is -2.09. The summed E-state index contributed by atoms with van der Waals surface area (Å²) in [6.45, 7) is 0. The summed E-state index contributed by atoms with van der Waals surface area (Å²) >= 11 is 4.59. The van der Waals surface area contributed by atoms with Gasteiger partial charge in [0.25, 0.3) is 10.0 Å². The number of hydrogen-bond donors (Lipinski definition) is 1. The molecule has 23 heavy (non-hydrogen) atoms. The monoisotopic (exact) mass is 415 g/mol. The van der Waals surface area contributed by atoms with Gasteiger partial charge in [0.05, 0.1) is 17.6 Å². The number of hydrogen-bond acceptors (Lipinski definition) is 5. The van der Waals surface area contributed by atoms with Gasteiger partial charge < -0.3 is 4.74 Å². The van der Waals surface area contributed by atoms with Gasteiger partial charge in [-0.05, 0) is 49.1 Å². The number of fused-ring (bicyclic) bond motifs is 1. The van der Waals surface area contributed by atoms with Gasteiger partial charge in [-0.1, -0.05) is 15.9 Å². The molecule has 0 fully saturated rings. The molecule has 3 rings (SSSR count). The summed E-state index contributed by atoms with van der Waals surface area (Å²) in [6.07, 6.45) is 2.62. The van der Waals surface area contributed by atoms with Crippen LogP contribution in [-0.2, 0) is 27.6 Å². The van der Waals surface area contributed by atoms with E-state index >= 15 is 0 Å². The summed E-state index contributed by atoms with van der Waals surface area (Å²) in [5.41, 5.74) is 1.26. The maximum atomic E-state index is 12.5. The van der Waals surface area contributed by atoms with Gasteiger partial charge >= 0.3 is 5.97 Å². The van der Waals surface area contributed by atoms with E-state index in [4.69, 9.17) is 4.74 Å². The zero-order chi connectivity index (χ0) is 16.6. The van der Waals surface area contributed by atoms with Crippen molar-refractivity contribution in [3.05, 3.63) is 44.7 Å². The van der Waals surface area contributed by atoms with Crippen molar-refractivity contribution in [3.8, 4) is 0 Å². The zero-order valence-corrected chi connectivity index (χ0v) is 15.5. The van der Waals surface area contributed by atoms with Crippen molar-refractivity contribution < 1.29 is 17.9 Å². The second kappa shape index (κ2) is 6.26. The lowest BCUT2D eigenvalue weighted by atomic mass is 10.1. The third-order valence-electron chi connectivity index (χ3n) is 3.66. The summed E-state index contributed by atoms with van der Waals surface area (Å²) in [4.78, 5) is 13.3. The maximum absolute atomic E-state index is 12.5. The molecule has 0 atom stereocenters. The van der Waals surface area contributed by atoms with E-state index in [9.17, 15) is 13.2 Å². The molecule has 1 aliphatic carbocycles. The standard InChI is InChI=1S/C15H14BrNO4S2/c1-21-15(18)13-11-3-2-4-12(11)22-14(13)17-23(19,20)10-7-5-9(16)6-8-10/h5-8,17H,2-4H2,1H3. The maximum Gasteiger partial charge on any atom is 0.341 e. The van der Waals surface area contributed by atoms with Crippen LogP contribution in [0.25, 0.3) is 0 Å². The minimum Gasteiger partial charge on any atom is -0.465 e. The van der Waals surface area contributed by atoms with Crippen LogP contribution in [0.4, 0.5) is 5.00 Å². The molecule has 0 unspecified atom stereocenters. The SMILES string of the molecule is COC(=O)c1c(NS(=O)(=O)c2ccc(Br)cc2)sc2c1CCC2. The fourth-order valence-corrected chi connectivity index (χ4v) is 5.44. The lowest BCUT2D eigenvalue weighted by molar-refractivity contribution is 0.0601. The molecule has 1 aromatic carbocycles. The quantitative estimate of drug-likeness (QED) is 0.774. The highest BCUT2D eigenvalue weighted by molar-refractivity contribution is 9.10. The van der Waals surface area contributed by atoms with Crippen LogP contribution < -0.4 is 4.72 Å². The molecule has 0 spiro atoms. The third kappa shape index (κ3) is 3.15. The highest BCUT2D eigenvalue weighted by Crippen LogP contribution is 2.40. The molecule has 0 amide bonds. The Kier molecular flexibility index (Phi) is 4.48. The van der Waals surface area contributed by atoms with Crippen molar-refractivity contribution in [3.63, 3.8) is 0 Å². The van der Waals surface area contributed by atoms with Gasteiger partial charge in [-0.15, -0.1) is 11.3 Å². The minimum atomic E-state index is -3.75. The highest BCUT2D eigenvalue weighted by atomic mass is 79.9. The number of rotatable bonds is 4. The fraction of sp³-hybridized carbons (Fsp3) is 0.267. The Hall–Kier alpha value is -1.38. The molecule has 2 aromatic rings. The first-order valence-corrected chi connectivity index (χ1v) is 10.0. The van der Waals surface area contributed by atoms with Crippen molar-refractivity contribution in [1.29, 1.82) is 0 Å². The van der Waals surface area contributed by atoms with E-state index in [1.165, 1.54) is 30.6 Å². The van der Waals surface area contributed by atoms with Gasteiger partial charge in [0.1, 0.15) is 5.00 Å². The predicted octanol–water partition coefficient (Wildman–Crippen LogP) is 3.59. The van der Waals surface area contributed by atoms with Gasteiger partial charge in [-0.3, -0.25) is 4.72 Å². The average Bonchev–Trinajstić information content (AvgIpc) is 3.07. The molecular formula is C15H14BrNO4S2. The van der Waals surface area contributed by atoms with Crippen molar-refractivity contribution in [2.24, 2.45) is 0 Å². The Morgan fingerprint density at radius 3 is 2.61 bits per heavy atom. The molecule has 8 heteroatoms. The van der Waals surface area contributed by atoms with E-state index in [-0.39, 0.29) is 4.90 Å². The van der Waals surface area contributed by atoms with E-state index in [2.05, 4.69) is 20.7 Å². The van der Waals surface area contributed by atoms with E-state index in [0.29, 0.717) is 10.6 Å². The summed E-state index contributed by atoms with van der Waals surface area (Å²) in [6, 6.07) is 6.32. The summed E-state index contributed by atoms with van der Waals surface area (Å²) < 4.78 is 33.2. The number of nitrogens with one attached hydrogen (secondary N) is 1. The van der Waals surface area contributed by atoms with Crippen LogP contribution in [-0.4, -0.2) is 21.5 Å². The van der Waals surface area contributed by atoms with E-state index in [1.54, 1.807) is 12.1 Å². The lowest BCUT2D eigenvalue weighted by Crippen LogP contribution is -2.15. The number of carbonyl (C=O) groups is 1. The van der Waals surface area contributed by atoms with E-state index in [1.807, 2.05) is 0 Å². The predicted molar refractivity (Wildman–Crippen MR) is 92.6 cm³/mol. The number of benzene rings is 1. The molecular weight excluding hydrogens is 402 g/mol. The Morgan fingerprint density at radius 2 is 1.96 bits per heavy atom. The van der Waals surface area contributed by atoms with Crippen LogP contribution in [0.5, 0.6) is 0 Å². The van der Waals surface area contributed by atoms with Crippen molar-refractivity contribution in [2.45, 2.75) is 24.2 Å². The molecule has 122 valence electrons. The number of anilines is 1. The first-order valence-electron chi connectivity index (χ1n) is 6.93. The molecule has 0 radical (unpaired) electrons. The van der Waals surface area contributed by atoms with Gasteiger partial charge in [0, 0.05) is 9.35 Å². The zero-order valence-electron chi connectivity index (χ0n) is 12.3. The van der Waals surface area contributed by atoms with Crippen LogP contribution in [0.3, 0.4) is 0 Å². The Bertz CT molecular complexity index is 856. The number of thiophene rings is 1. The van der Waals surface area contributed by atoms with Gasteiger partial charge in [-0.2, -0.15) is 0 Å². The number of methoxy groups -OCH3 is 1. The van der Waals surface area contributed by atoms with Crippen LogP contribution >= 0.6 is 27.3 Å². The first kappa shape index (κ1) is 16.5. The summed E-state index contributed by atoms with van der Waals surface area (Å²) in [7, 11) is -2.45. The third-order valence-corrected chi connectivity index (χ3v) is 6.89. The Labute approximate surface area is 146 Å². The highest BCUT2D eigenvalue weighted by Gasteiger charge is 2.29. The van der Waals surface area contributed by atoms with Gasteiger partial charge in [-0.25, -0.2) is 13.2 Å². The fourth-order valence-electron chi connectivity index (χ4n) is 2.59. The van der Waals surface area contributed by atoms with Gasteiger partial charge in [0.2, 0.25) is 0 Å². The summed E-state index contributed by atoms with van der Waals surface area (Å²) in [5.74, 6) is -0.502. The average molecular weight is 416 g/mol. The van der Waals surface area contributed by atoms with Crippen molar-refractivity contribution in [1.82, 2.24) is 0 Å². The number of aryl methyl sites for hydroxylation is 1. The molecule has 1 N–H and O–H groups in total. The van der Waals surface area contributed by atoms with Crippen LogP contribution in [0.2, 0.25) is 0 Å². The van der Waals surface area contributed by atoms with Crippen LogP contribution in [0.1, 0.15) is 27.2 Å². The number of halogens is 1. The molecule has 0 bridgehead atoms. The number of sulfonamides is 1. The molecule has 5 nitrogen and oxygen atoms in total. The van der Waals surface area contributed by atoms with Gasteiger partial charge in [0.15, 0.2) is 0 Å². The van der Waals surface area contributed by atoms with E-state index < -0.39 is 16.0 Å². The molecule has 1 aromatic heterocycles.